The molecule has 0 aliphatic carbocycles. The van der Waals surface area contributed by atoms with E-state index in [9.17, 15) is 9.59 Å². The molecule has 1 atom stereocenters. The fourth-order valence-corrected chi connectivity index (χ4v) is 2.68. The molecule has 0 saturated heterocycles. The maximum Gasteiger partial charge on any atom is 0.338 e. The predicted molar refractivity (Wildman–Crippen MR) is 101 cm³/mol. The molecule has 2 amide bonds. The first-order valence-corrected chi connectivity index (χ1v) is 8.32. The van der Waals surface area contributed by atoms with Crippen LogP contribution in [0.15, 0.2) is 42.5 Å². The smallest absolute Gasteiger partial charge is 0.338 e. The Morgan fingerprint density at radius 1 is 1.12 bits per heavy atom. The molecular weight excluding hydrogens is 332 g/mol. The van der Waals surface area contributed by atoms with E-state index in [4.69, 9.17) is 9.47 Å². The molecule has 26 heavy (non-hydrogen) atoms. The van der Waals surface area contributed by atoms with Gasteiger partial charge in [0.15, 0.2) is 0 Å². The summed E-state index contributed by atoms with van der Waals surface area (Å²) < 4.78 is 9.93. The van der Waals surface area contributed by atoms with Gasteiger partial charge in [-0.2, -0.15) is 0 Å². The number of anilines is 1. The van der Waals surface area contributed by atoms with Crippen LogP contribution in [-0.4, -0.2) is 32.3 Å². The highest BCUT2D eigenvalue weighted by atomic mass is 16.5. The number of hydrogen-bond donors (Lipinski definition) is 2. The van der Waals surface area contributed by atoms with E-state index in [1.807, 2.05) is 31.2 Å². The molecule has 1 unspecified atom stereocenters. The van der Waals surface area contributed by atoms with Gasteiger partial charge >= 0.3 is 12.0 Å². The van der Waals surface area contributed by atoms with E-state index in [1.54, 1.807) is 32.2 Å². The van der Waals surface area contributed by atoms with Gasteiger partial charge < -0.3 is 20.1 Å². The Balaban J connectivity index is 1.93. The summed E-state index contributed by atoms with van der Waals surface area (Å²) in [5.74, 6) is 0.394. The standard InChI is InChI=1S/C20H24N2O4/c1-13-10-16(8-9-18(13)19(23)26-4)22-20(24)21-14(2)11-15-6-5-7-17(12-15)25-3/h5-10,12,14H,11H2,1-4H3,(H2,21,22,24). The van der Waals surface area contributed by atoms with Crippen molar-refractivity contribution in [3.63, 3.8) is 0 Å². The number of amides is 2. The van der Waals surface area contributed by atoms with Gasteiger partial charge in [-0.25, -0.2) is 9.59 Å². The number of carbonyl (C=O) groups excluding carboxylic acids is 2. The first-order chi connectivity index (χ1) is 12.4. The number of esters is 1. The van der Waals surface area contributed by atoms with Crippen LogP contribution in [0.4, 0.5) is 10.5 Å². The van der Waals surface area contributed by atoms with E-state index in [2.05, 4.69) is 10.6 Å². The zero-order valence-corrected chi connectivity index (χ0v) is 15.5. The van der Waals surface area contributed by atoms with Crippen LogP contribution in [0.25, 0.3) is 0 Å². The van der Waals surface area contributed by atoms with E-state index in [0.717, 1.165) is 16.9 Å². The molecular formula is C20H24N2O4. The minimum absolute atomic E-state index is 0.0578. The molecule has 2 aromatic rings. The number of ether oxygens (including phenoxy) is 2. The third-order valence-electron chi connectivity index (χ3n) is 3.94. The summed E-state index contributed by atoms with van der Waals surface area (Å²) in [7, 11) is 2.97. The van der Waals surface area contributed by atoms with E-state index in [1.165, 1.54) is 7.11 Å². The summed E-state index contributed by atoms with van der Waals surface area (Å²) in [6.45, 7) is 3.73. The Kier molecular flexibility index (Phi) is 6.60. The molecule has 2 N–H and O–H groups in total. The molecule has 138 valence electrons. The van der Waals surface area contributed by atoms with Crippen molar-refractivity contribution in [2.75, 3.05) is 19.5 Å². The molecule has 2 aromatic carbocycles. The fraction of sp³-hybridized carbons (Fsp3) is 0.300. The zero-order chi connectivity index (χ0) is 19.1. The molecule has 0 aromatic heterocycles. The predicted octanol–water partition coefficient (Wildman–Crippen LogP) is 3.54. The highest BCUT2D eigenvalue weighted by molar-refractivity contribution is 5.93. The van der Waals surface area contributed by atoms with Crippen molar-refractivity contribution in [3.05, 3.63) is 59.2 Å². The number of urea groups is 1. The number of rotatable bonds is 6. The second kappa shape index (κ2) is 8.89. The second-order valence-corrected chi connectivity index (χ2v) is 6.08. The van der Waals surface area contributed by atoms with Crippen molar-refractivity contribution in [1.29, 1.82) is 0 Å². The maximum atomic E-state index is 12.2. The van der Waals surface area contributed by atoms with Crippen LogP contribution in [-0.2, 0) is 11.2 Å². The molecule has 6 nitrogen and oxygen atoms in total. The van der Waals surface area contributed by atoms with Crippen molar-refractivity contribution in [1.82, 2.24) is 5.32 Å². The van der Waals surface area contributed by atoms with E-state index in [0.29, 0.717) is 17.7 Å². The normalized spacial score (nSPS) is 11.4. The van der Waals surface area contributed by atoms with Crippen molar-refractivity contribution in [3.8, 4) is 5.75 Å². The Morgan fingerprint density at radius 3 is 2.54 bits per heavy atom. The van der Waals surface area contributed by atoms with Crippen molar-refractivity contribution in [2.24, 2.45) is 0 Å². The van der Waals surface area contributed by atoms with Gasteiger partial charge in [-0.15, -0.1) is 0 Å². The van der Waals surface area contributed by atoms with Gasteiger partial charge in [0.25, 0.3) is 0 Å². The molecule has 0 aliphatic heterocycles. The summed E-state index contributed by atoms with van der Waals surface area (Å²) in [6.07, 6.45) is 0.685. The Labute approximate surface area is 153 Å². The summed E-state index contributed by atoms with van der Waals surface area (Å²) in [5.41, 5.74) is 2.90. The quantitative estimate of drug-likeness (QED) is 0.776. The topological polar surface area (TPSA) is 76.7 Å². The van der Waals surface area contributed by atoms with Gasteiger partial charge in [0, 0.05) is 11.7 Å². The highest BCUT2D eigenvalue weighted by Gasteiger charge is 2.12. The third kappa shape index (κ3) is 5.24. The number of carbonyl (C=O) groups is 2. The summed E-state index contributed by atoms with van der Waals surface area (Å²) >= 11 is 0. The Morgan fingerprint density at radius 2 is 1.88 bits per heavy atom. The lowest BCUT2D eigenvalue weighted by Gasteiger charge is -2.16. The van der Waals surface area contributed by atoms with Gasteiger partial charge in [-0.1, -0.05) is 12.1 Å². The fourth-order valence-electron chi connectivity index (χ4n) is 2.68. The van der Waals surface area contributed by atoms with Crippen molar-refractivity contribution in [2.45, 2.75) is 26.3 Å². The second-order valence-electron chi connectivity index (χ2n) is 6.08. The van der Waals surface area contributed by atoms with Gasteiger partial charge in [-0.05, 0) is 61.7 Å². The summed E-state index contributed by atoms with van der Waals surface area (Å²) in [4.78, 5) is 23.8. The van der Waals surface area contributed by atoms with E-state index < -0.39 is 5.97 Å². The van der Waals surface area contributed by atoms with Crippen LogP contribution < -0.4 is 15.4 Å². The minimum Gasteiger partial charge on any atom is -0.497 e. The number of hydrogen-bond acceptors (Lipinski definition) is 4. The van der Waals surface area contributed by atoms with E-state index >= 15 is 0 Å². The zero-order valence-electron chi connectivity index (χ0n) is 15.5. The van der Waals surface area contributed by atoms with Crippen LogP contribution in [0, 0.1) is 6.92 Å². The van der Waals surface area contributed by atoms with Gasteiger partial charge in [0.05, 0.1) is 19.8 Å². The lowest BCUT2D eigenvalue weighted by molar-refractivity contribution is 0.0600. The van der Waals surface area contributed by atoms with Crippen LogP contribution in [0.1, 0.15) is 28.4 Å². The highest BCUT2D eigenvalue weighted by Crippen LogP contribution is 2.17. The molecule has 2 rings (SSSR count). The first kappa shape index (κ1) is 19.3. The average molecular weight is 356 g/mol. The molecule has 0 saturated carbocycles. The minimum atomic E-state index is -0.398. The molecule has 0 radical (unpaired) electrons. The number of methoxy groups -OCH3 is 2. The van der Waals surface area contributed by atoms with Crippen LogP contribution in [0.5, 0.6) is 5.75 Å². The van der Waals surface area contributed by atoms with E-state index in [-0.39, 0.29) is 12.1 Å². The summed E-state index contributed by atoms with van der Waals surface area (Å²) in [5, 5.41) is 5.68. The molecule has 6 heteroatoms. The van der Waals surface area contributed by atoms with Gasteiger partial charge in [0.1, 0.15) is 5.75 Å². The lowest BCUT2D eigenvalue weighted by Crippen LogP contribution is -2.37. The van der Waals surface area contributed by atoms with Crippen LogP contribution in [0.3, 0.4) is 0 Å². The Hall–Kier alpha value is -3.02. The van der Waals surface area contributed by atoms with Gasteiger partial charge in [-0.3, -0.25) is 0 Å². The average Bonchev–Trinajstić information content (AvgIpc) is 2.61. The molecule has 0 spiro atoms. The van der Waals surface area contributed by atoms with Gasteiger partial charge in [0.2, 0.25) is 0 Å². The molecule has 0 heterocycles. The number of benzene rings is 2. The Bertz CT molecular complexity index is 789. The van der Waals surface area contributed by atoms with Crippen LogP contribution in [0.2, 0.25) is 0 Å². The number of aryl methyl sites for hydroxylation is 1. The first-order valence-electron chi connectivity index (χ1n) is 8.32. The van der Waals surface area contributed by atoms with Crippen molar-refractivity contribution < 1.29 is 19.1 Å². The largest absolute Gasteiger partial charge is 0.497 e. The maximum absolute atomic E-state index is 12.2. The monoisotopic (exact) mass is 356 g/mol. The van der Waals surface area contributed by atoms with Crippen LogP contribution >= 0.6 is 0 Å². The summed E-state index contributed by atoms with van der Waals surface area (Å²) in [6, 6.07) is 12.4. The molecule has 0 bridgehead atoms. The molecule has 0 aliphatic rings. The number of nitrogens with one attached hydrogen (secondary N) is 2. The molecule has 0 fully saturated rings. The third-order valence-corrected chi connectivity index (χ3v) is 3.94. The lowest BCUT2D eigenvalue weighted by atomic mass is 10.1. The van der Waals surface area contributed by atoms with Crippen molar-refractivity contribution >= 4 is 17.7 Å². The SMILES string of the molecule is COC(=O)c1ccc(NC(=O)NC(C)Cc2cccc(OC)c2)cc1C.